The summed E-state index contributed by atoms with van der Waals surface area (Å²) in [7, 11) is -3.50. The smallest absolute Gasteiger partial charge is 0.216 e. The van der Waals surface area contributed by atoms with E-state index in [1.54, 1.807) is 0 Å². The third-order valence-corrected chi connectivity index (χ3v) is 4.60. The molecule has 0 aromatic carbocycles. The van der Waals surface area contributed by atoms with Crippen LogP contribution >= 0.6 is 0 Å². The fourth-order valence-electron chi connectivity index (χ4n) is 2.59. The Morgan fingerprint density at radius 1 is 0.739 bits per heavy atom. The van der Waals surface area contributed by atoms with Crippen LogP contribution in [0.4, 0.5) is 0 Å². The molecular formula is C18H38N2O2S. The summed E-state index contributed by atoms with van der Waals surface area (Å²) in [5.41, 5.74) is 0. The van der Waals surface area contributed by atoms with Crippen LogP contribution in [0.5, 0.6) is 0 Å². The van der Waals surface area contributed by atoms with Crippen molar-refractivity contribution in [2.24, 2.45) is 5.14 Å². The molecule has 0 saturated heterocycles. The molecule has 4 nitrogen and oxygen atoms in total. The molecule has 0 aromatic rings. The van der Waals surface area contributed by atoms with Crippen LogP contribution in [0.15, 0.2) is 12.2 Å². The summed E-state index contributed by atoms with van der Waals surface area (Å²) >= 11 is 0. The first-order chi connectivity index (χ1) is 11.1. The molecule has 0 rings (SSSR count). The molecule has 0 bridgehead atoms. The Morgan fingerprint density at radius 2 is 1.17 bits per heavy atom. The van der Waals surface area contributed by atoms with Gasteiger partial charge in [-0.2, -0.15) is 8.42 Å². The SMILES string of the molecule is CCCCCCCCC=CCCCCCCCCNS(N)(=O)=O. The summed E-state index contributed by atoms with van der Waals surface area (Å²) in [6, 6.07) is 0. The van der Waals surface area contributed by atoms with Gasteiger partial charge in [0.2, 0.25) is 0 Å². The topological polar surface area (TPSA) is 72.2 Å². The Labute approximate surface area is 144 Å². The van der Waals surface area contributed by atoms with E-state index in [2.05, 4.69) is 23.8 Å². The van der Waals surface area contributed by atoms with Crippen LogP contribution in [0.1, 0.15) is 96.8 Å². The average molecular weight is 347 g/mol. The van der Waals surface area contributed by atoms with Gasteiger partial charge in [0, 0.05) is 6.54 Å². The van der Waals surface area contributed by atoms with Crippen molar-refractivity contribution in [3.63, 3.8) is 0 Å². The number of rotatable bonds is 17. The molecule has 0 amide bonds. The van der Waals surface area contributed by atoms with Crippen molar-refractivity contribution in [1.29, 1.82) is 0 Å². The summed E-state index contributed by atoms with van der Waals surface area (Å²) in [4.78, 5) is 0. The van der Waals surface area contributed by atoms with Gasteiger partial charge in [-0.3, -0.25) is 0 Å². The van der Waals surface area contributed by atoms with E-state index >= 15 is 0 Å². The summed E-state index contributed by atoms with van der Waals surface area (Å²) in [5.74, 6) is 0. The third kappa shape index (κ3) is 21.6. The molecule has 0 aliphatic rings. The van der Waals surface area contributed by atoms with E-state index < -0.39 is 10.2 Å². The predicted molar refractivity (Wildman–Crippen MR) is 101 cm³/mol. The number of hydrogen-bond donors (Lipinski definition) is 2. The van der Waals surface area contributed by atoms with Crippen LogP contribution in [0.25, 0.3) is 0 Å². The maximum absolute atomic E-state index is 10.7. The zero-order chi connectivity index (χ0) is 17.2. The quantitative estimate of drug-likeness (QED) is 0.293. The van der Waals surface area contributed by atoms with Crippen LogP contribution in [-0.4, -0.2) is 15.0 Å². The number of allylic oxidation sites excluding steroid dienone is 2. The lowest BCUT2D eigenvalue weighted by Crippen LogP contribution is -2.31. The van der Waals surface area contributed by atoms with E-state index in [1.165, 1.54) is 77.0 Å². The fourth-order valence-corrected chi connectivity index (χ4v) is 3.02. The summed E-state index contributed by atoms with van der Waals surface area (Å²) < 4.78 is 23.6. The first kappa shape index (κ1) is 22.6. The number of hydrogen-bond acceptors (Lipinski definition) is 2. The minimum Gasteiger partial charge on any atom is -0.216 e. The van der Waals surface area contributed by atoms with E-state index in [0.717, 1.165) is 12.8 Å². The molecule has 0 heterocycles. The van der Waals surface area contributed by atoms with Gasteiger partial charge in [-0.15, -0.1) is 0 Å². The molecule has 0 aliphatic heterocycles. The molecule has 0 aromatic heterocycles. The van der Waals surface area contributed by atoms with Crippen molar-refractivity contribution >= 4 is 10.2 Å². The highest BCUT2D eigenvalue weighted by Crippen LogP contribution is 2.09. The maximum atomic E-state index is 10.7. The molecule has 3 N–H and O–H groups in total. The zero-order valence-corrected chi connectivity index (χ0v) is 15.9. The maximum Gasteiger partial charge on any atom is 0.274 e. The number of unbranched alkanes of at least 4 members (excludes halogenated alkanes) is 12. The van der Waals surface area contributed by atoms with E-state index in [-0.39, 0.29) is 0 Å². The van der Waals surface area contributed by atoms with E-state index in [4.69, 9.17) is 5.14 Å². The van der Waals surface area contributed by atoms with E-state index in [1.807, 2.05) is 0 Å². The van der Waals surface area contributed by atoms with Crippen LogP contribution in [0, 0.1) is 0 Å². The van der Waals surface area contributed by atoms with Crippen molar-refractivity contribution < 1.29 is 8.42 Å². The zero-order valence-electron chi connectivity index (χ0n) is 15.1. The van der Waals surface area contributed by atoms with Gasteiger partial charge in [-0.05, 0) is 32.1 Å². The van der Waals surface area contributed by atoms with Gasteiger partial charge in [0.15, 0.2) is 0 Å². The molecule has 5 heteroatoms. The highest BCUT2D eigenvalue weighted by molar-refractivity contribution is 7.87. The summed E-state index contributed by atoms with van der Waals surface area (Å²) in [6.07, 6.45) is 22.2. The first-order valence-corrected chi connectivity index (χ1v) is 11.0. The Kier molecular flexibility index (Phi) is 16.2. The Balaban J connectivity index is 3.13. The van der Waals surface area contributed by atoms with Crippen molar-refractivity contribution in [2.45, 2.75) is 96.8 Å². The van der Waals surface area contributed by atoms with Gasteiger partial charge in [-0.1, -0.05) is 76.9 Å². The highest BCUT2D eigenvalue weighted by atomic mass is 32.2. The van der Waals surface area contributed by atoms with Gasteiger partial charge in [0.05, 0.1) is 0 Å². The molecule has 0 unspecified atom stereocenters. The molecule has 23 heavy (non-hydrogen) atoms. The predicted octanol–water partition coefficient (Wildman–Crippen LogP) is 4.82. The van der Waals surface area contributed by atoms with Gasteiger partial charge in [0.25, 0.3) is 10.2 Å². The van der Waals surface area contributed by atoms with Crippen molar-refractivity contribution in [1.82, 2.24) is 4.72 Å². The largest absolute Gasteiger partial charge is 0.274 e. The number of nitrogens with two attached hydrogens (primary N) is 1. The second-order valence-corrected chi connectivity index (χ2v) is 7.76. The van der Waals surface area contributed by atoms with Crippen molar-refractivity contribution in [2.75, 3.05) is 6.54 Å². The Morgan fingerprint density at radius 3 is 1.65 bits per heavy atom. The lowest BCUT2D eigenvalue weighted by atomic mass is 10.1. The van der Waals surface area contributed by atoms with E-state index in [0.29, 0.717) is 6.54 Å². The molecule has 138 valence electrons. The number of nitrogens with one attached hydrogen (secondary N) is 1. The lowest BCUT2D eigenvalue weighted by molar-refractivity contribution is 0.566. The van der Waals surface area contributed by atoms with Crippen molar-refractivity contribution in [3.05, 3.63) is 12.2 Å². The van der Waals surface area contributed by atoms with Crippen LogP contribution < -0.4 is 9.86 Å². The molecule has 0 saturated carbocycles. The van der Waals surface area contributed by atoms with Gasteiger partial charge in [0.1, 0.15) is 0 Å². The standard InChI is InChI=1S/C18H38N2O2S/c1-2-3-4-5-6-7-8-9-10-11-12-13-14-15-16-17-18-20-23(19,21)22/h9-10,20H,2-8,11-18H2,1H3,(H2,19,21,22). The first-order valence-electron chi connectivity index (χ1n) is 9.48. The molecule has 0 radical (unpaired) electrons. The third-order valence-electron chi connectivity index (χ3n) is 3.99. The van der Waals surface area contributed by atoms with Crippen LogP contribution in [0.3, 0.4) is 0 Å². The summed E-state index contributed by atoms with van der Waals surface area (Å²) in [5, 5.41) is 4.86. The van der Waals surface area contributed by atoms with Crippen LogP contribution in [0.2, 0.25) is 0 Å². The summed E-state index contributed by atoms with van der Waals surface area (Å²) in [6.45, 7) is 2.72. The lowest BCUT2D eigenvalue weighted by Gasteiger charge is -2.02. The minimum atomic E-state index is -3.50. The Bertz CT molecular complexity index is 367. The average Bonchev–Trinajstić information content (AvgIpc) is 2.49. The molecular weight excluding hydrogens is 308 g/mol. The Hall–Kier alpha value is -0.390. The molecule has 0 spiro atoms. The fraction of sp³-hybridized carbons (Fsp3) is 0.889. The monoisotopic (exact) mass is 346 g/mol. The molecule has 0 aliphatic carbocycles. The minimum absolute atomic E-state index is 0.458. The molecule has 0 atom stereocenters. The highest BCUT2D eigenvalue weighted by Gasteiger charge is 1.98. The molecule has 0 fully saturated rings. The van der Waals surface area contributed by atoms with Crippen LogP contribution in [-0.2, 0) is 10.2 Å². The van der Waals surface area contributed by atoms with Gasteiger partial charge < -0.3 is 0 Å². The van der Waals surface area contributed by atoms with Gasteiger partial charge in [-0.25, -0.2) is 9.86 Å². The normalized spacial score (nSPS) is 12.3. The van der Waals surface area contributed by atoms with Crippen molar-refractivity contribution in [3.8, 4) is 0 Å². The van der Waals surface area contributed by atoms with E-state index in [9.17, 15) is 8.42 Å². The van der Waals surface area contributed by atoms with Gasteiger partial charge >= 0.3 is 0 Å². The second kappa shape index (κ2) is 16.5. The second-order valence-electron chi connectivity index (χ2n) is 6.38.